The van der Waals surface area contributed by atoms with Crippen molar-refractivity contribution in [1.82, 2.24) is 8.80 Å². The van der Waals surface area contributed by atoms with Crippen LogP contribution in [0.15, 0.2) is 155 Å². The maximum atomic E-state index is 10.6. The largest absolute Gasteiger partial charge is 0.652 e. The van der Waals surface area contributed by atoms with E-state index in [1.165, 1.54) is 0 Å². The van der Waals surface area contributed by atoms with E-state index in [4.69, 9.17) is 18.5 Å². The molecule has 0 saturated heterocycles. The normalized spacial score (nSPS) is 19.7. The van der Waals surface area contributed by atoms with Crippen LogP contribution < -0.4 is 40.1 Å². The van der Waals surface area contributed by atoms with Crippen molar-refractivity contribution in [2.75, 3.05) is 0 Å². The van der Waals surface area contributed by atoms with Gasteiger partial charge in [-0.1, -0.05) is 103 Å². The quantitative estimate of drug-likeness (QED) is 0.229. The molecule has 0 radical (unpaired) electrons. The Kier molecular flexibility index (Phi) is 7.02. The van der Waals surface area contributed by atoms with Crippen LogP contribution in [0.4, 0.5) is 0 Å². The molecule has 0 saturated carbocycles. The van der Waals surface area contributed by atoms with Gasteiger partial charge in [-0.25, -0.2) is 8.80 Å². The smallest absolute Gasteiger partial charge is 0.524 e. The molecule has 8 heterocycles. The highest BCUT2D eigenvalue weighted by Gasteiger charge is 2.56. The predicted octanol–water partition coefficient (Wildman–Crippen LogP) is 2.92. The van der Waals surface area contributed by atoms with Crippen LogP contribution >= 0.6 is 31.9 Å². The molecule has 4 aromatic carbocycles. The Morgan fingerprint density at radius 3 is 1.43 bits per heavy atom. The van der Waals surface area contributed by atoms with E-state index in [1.54, 1.807) is 0 Å². The van der Waals surface area contributed by atoms with E-state index in [1.807, 2.05) is 134 Å². The fourth-order valence-corrected chi connectivity index (χ4v) is 9.37. The number of aromatic nitrogens is 4. The van der Waals surface area contributed by atoms with Gasteiger partial charge in [-0.2, -0.15) is 0 Å². The molecule has 260 valence electrons. The summed E-state index contributed by atoms with van der Waals surface area (Å²) in [4.78, 5) is 0. The summed E-state index contributed by atoms with van der Waals surface area (Å²) in [6.45, 7) is -4.26. The van der Waals surface area contributed by atoms with E-state index in [0.29, 0.717) is 0 Å². The summed E-state index contributed by atoms with van der Waals surface area (Å²) in [5.74, 6) is 1.45. The molecule has 2 N–H and O–H groups in total. The minimum Gasteiger partial charge on any atom is -0.652 e. The van der Waals surface area contributed by atoms with Crippen molar-refractivity contribution in [2.24, 2.45) is 0 Å². The molecule has 8 aromatic rings. The lowest BCUT2D eigenvalue weighted by Crippen LogP contribution is -2.78. The number of halogens is 2. The Labute approximate surface area is 326 Å². The first-order chi connectivity index (χ1) is 26.3. The van der Waals surface area contributed by atoms with Crippen molar-refractivity contribution in [3.63, 3.8) is 0 Å². The van der Waals surface area contributed by atoms with Gasteiger partial charge < -0.3 is 37.5 Å². The first-order valence-corrected chi connectivity index (χ1v) is 19.1. The van der Waals surface area contributed by atoms with E-state index in [0.717, 1.165) is 76.1 Å². The van der Waals surface area contributed by atoms with Gasteiger partial charge in [0, 0.05) is 21.1 Å². The zero-order chi connectivity index (χ0) is 36.3. The molecule has 16 heteroatoms. The summed E-state index contributed by atoms with van der Waals surface area (Å²) in [6.07, 6.45) is 8.15. The third-order valence-corrected chi connectivity index (χ3v) is 11.9. The zero-order valence-corrected chi connectivity index (χ0v) is 31.4. The highest BCUT2D eigenvalue weighted by atomic mass is 79.9. The molecule has 12 rings (SSSR count). The van der Waals surface area contributed by atoms with Crippen LogP contribution in [0.2, 0.25) is 0 Å². The maximum Gasteiger partial charge on any atom is 0.524 e. The predicted molar refractivity (Wildman–Crippen MR) is 215 cm³/mol. The molecule has 0 fully saturated rings. The summed E-state index contributed by atoms with van der Waals surface area (Å²) >= 11 is 7.06. The molecular formula is C38H26B4Br2N4O6. The monoisotopic (exact) mass is 836 g/mol. The van der Waals surface area contributed by atoms with E-state index in [9.17, 15) is 10.0 Å². The molecule has 2 spiro atoms. The Bertz CT molecular complexity index is 2680. The average molecular weight is 838 g/mol. The highest BCUT2D eigenvalue weighted by molar-refractivity contribution is 9.10. The summed E-state index contributed by atoms with van der Waals surface area (Å²) < 4.78 is 35.6. The van der Waals surface area contributed by atoms with Crippen LogP contribution in [-0.4, -0.2) is 46.5 Å². The van der Waals surface area contributed by atoms with E-state index < -0.39 is 27.6 Å². The summed E-state index contributed by atoms with van der Waals surface area (Å²) in [5, 5.41) is 21.2. The second kappa shape index (κ2) is 11.7. The number of pyridine rings is 2. The van der Waals surface area contributed by atoms with Gasteiger partial charge in [0.1, 0.15) is 23.8 Å². The first-order valence-electron chi connectivity index (χ1n) is 17.5. The minimum absolute atomic E-state index is 0.726. The van der Waals surface area contributed by atoms with Gasteiger partial charge in [0.05, 0.1) is 35.0 Å². The fraction of sp³-hybridized carbons (Fsp3) is 0. The molecular weight excluding hydrogens is 811 g/mol. The van der Waals surface area contributed by atoms with Crippen molar-refractivity contribution in [3.05, 3.63) is 155 Å². The van der Waals surface area contributed by atoms with Gasteiger partial charge in [-0.3, -0.25) is 0 Å². The first kappa shape index (κ1) is 32.4. The Morgan fingerprint density at radius 2 is 0.963 bits per heavy atom. The zero-order valence-electron chi connectivity index (χ0n) is 28.2. The SMILES string of the molecule is OB1O[B@@-]2(Oc3cc(Br)ccc3-c3cn4ccccc4[n+]32)c2ccccc21.OB1O[B@@-]2(Oc3cc(Br)ccc3-c3cn4ccccc4[n+]32)c2ccccc21. The van der Waals surface area contributed by atoms with Gasteiger partial charge in [-0.15, -0.1) is 0 Å². The lowest BCUT2D eigenvalue weighted by Gasteiger charge is -2.41. The third-order valence-electron chi connectivity index (χ3n) is 10.9. The number of hydrogen-bond acceptors (Lipinski definition) is 6. The minimum atomic E-state index is -2.13. The number of nitrogens with zero attached hydrogens (tertiary/aromatic N) is 4. The summed E-state index contributed by atoms with van der Waals surface area (Å²) in [7, 11) is -2.07. The highest BCUT2D eigenvalue weighted by Crippen LogP contribution is 2.39. The van der Waals surface area contributed by atoms with Crippen molar-refractivity contribution in [2.45, 2.75) is 0 Å². The van der Waals surface area contributed by atoms with Crippen molar-refractivity contribution in [3.8, 4) is 34.0 Å². The van der Waals surface area contributed by atoms with Gasteiger partial charge in [0.15, 0.2) is 0 Å². The number of rotatable bonds is 0. The number of imidazole rings is 2. The van der Waals surface area contributed by atoms with Crippen LogP contribution in [0.1, 0.15) is 0 Å². The summed E-state index contributed by atoms with van der Waals surface area (Å²) in [5.41, 5.74) is 9.01. The van der Waals surface area contributed by atoms with Crippen LogP contribution in [0, 0.1) is 0 Å². The molecule has 10 nitrogen and oxygen atoms in total. The second-order valence-electron chi connectivity index (χ2n) is 13.8. The maximum absolute atomic E-state index is 10.6. The van der Waals surface area contributed by atoms with E-state index in [2.05, 4.69) is 62.0 Å². The Morgan fingerprint density at radius 1 is 0.537 bits per heavy atom. The number of fused-ring (bicyclic) bond motifs is 16. The van der Waals surface area contributed by atoms with Gasteiger partial charge in [0.2, 0.25) is 11.3 Å². The number of hydrogen-bond donors (Lipinski definition) is 2. The summed E-state index contributed by atoms with van der Waals surface area (Å²) in [6, 6.07) is 39.3. The molecule has 4 aromatic heterocycles. The van der Waals surface area contributed by atoms with Crippen LogP contribution in [0.3, 0.4) is 0 Å². The standard InChI is InChI=1S/2C19H13B2BrN2O3/c2*22-13-8-9-14-17-12-23-10-4-3-7-19(23)24(17)21(26-18(14)11-13)16-6-2-1-5-15(16)20(25)27-21/h2*1-12,25H/t2*21-/m00/s1. The van der Waals surface area contributed by atoms with Crippen molar-refractivity contribution in [1.29, 1.82) is 0 Å². The molecule has 0 unspecified atom stereocenters. The molecule has 0 amide bonds. The van der Waals surface area contributed by atoms with Gasteiger partial charge >= 0.3 is 27.6 Å². The molecule has 0 aliphatic carbocycles. The molecule has 2 atom stereocenters. The fourth-order valence-electron chi connectivity index (χ4n) is 8.69. The third kappa shape index (κ3) is 4.46. The lowest BCUT2D eigenvalue weighted by molar-refractivity contribution is -0.530. The molecule has 54 heavy (non-hydrogen) atoms. The molecule has 0 bridgehead atoms. The lowest BCUT2D eigenvalue weighted by atomic mass is 9.61. The molecule has 4 aliphatic heterocycles. The molecule has 4 aliphatic rings. The van der Waals surface area contributed by atoms with Gasteiger partial charge in [0.25, 0.3) is 0 Å². The topological polar surface area (TPSA) is 94.0 Å². The van der Waals surface area contributed by atoms with Gasteiger partial charge in [-0.05, 0) is 59.5 Å². The Hall–Kier alpha value is -5.08. The van der Waals surface area contributed by atoms with Crippen LogP contribution in [0.25, 0.3) is 33.8 Å². The number of benzene rings is 4. The van der Waals surface area contributed by atoms with Crippen LogP contribution in [-0.2, 0) is 9.14 Å². The Balaban J connectivity index is 0.000000126. The van der Waals surface area contributed by atoms with E-state index in [-0.39, 0.29) is 0 Å². The van der Waals surface area contributed by atoms with Crippen LogP contribution in [0.5, 0.6) is 11.5 Å². The average Bonchev–Trinajstić information content (AvgIpc) is 3.92. The van der Waals surface area contributed by atoms with Crippen molar-refractivity contribution < 1.29 is 37.5 Å². The van der Waals surface area contributed by atoms with E-state index >= 15 is 0 Å². The van der Waals surface area contributed by atoms with Crippen molar-refractivity contribution >= 4 is 92.6 Å². The second-order valence-corrected chi connectivity index (χ2v) is 15.6.